The van der Waals surface area contributed by atoms with Crippen LogP contribution in [0.5, 0.6) is 0 Å². The third-order valence-electron chi connectivity index (χ3n) is 2.71. The van der Waals surface area contributed by atoms with Gasteiger partial charge in [-0.05, 0) is 6.92 Å². The van der Waals surface area contributed by atoms with Gasteiger partial charge in [0.1, 0.15) is 0 Å². The van der Waals surface area contributed by atoms with Gasteiger partial charge in [-0.15, -0.1) is 15.3 Å². The van der Waals surface area contributed by atoms with Gasteiger partial charge in [0, 0.05) is 12.7 Å². The van der Waals surface area contributed by atoms with Gasteiger partial charge in [-0.25, -0.2) is 0 Å². The molecular weight excluding hydrogens is 281 g/mol. The van der Waals surface area contributed by atoms with E-state index >= 15 is 0 Å². The van der Waals surface area contributed by atoms with Crippen molar-refractivity contribution >= 4 is 16.3 Å². The number of rotatable bonds is 1. The number of hydrogen-bond donors (Lipinski definition) is 0. The van der Waals surface area contributed by atoms with Crippen LogP contribution < -0.4 is 0 Å². The van der Waals surface area contributed by atoms with E-state index in [1.165, 1.54) is 6.20 Å². The molecular formula is C9H7F3N6S. The molecule has 0 saturated carbocycles. The minimum absolute atomic E-state index is 0.102. The van der Waals surface area contributed by atoms with Gasteiger partial charge in [-0.1, -0.05) is 11.3 Å². The fourth-order valence-corrected chi connectivity index (χ4v) is 2.32. The number of fused-ring (bicyclic) bond motifs is 1. The summed E-state index contributed by atoms with van der Waals surface area (Å²) in [5.41, 5.74) is 1.38. The molecule has 0 aliphatic carbocycles. The summed E-state index contributed by atoms with van der Waals surface area (Å²) in [5.74, 6) is 0.257. The second-order valence-electron chi connectivity index (χ2n) is 3.89. The average molecular weight is 288 g/mol. The van der Waals surface area contributed by atoms with Gasteiger partial charge < -0.3 is 0 Å². The van der Waals surface area contributed by atoms with Gasteiger partial charge in [-0.3, -0.25) is 4.68 Å². The number of nitrogens with zero attached hydrogens (tertiary/aromatic N) is 6. The van der Waals surface area contributed by atoms with E-state index in [1.807, 2.05) is 0 Å². The van der Waals surface area contributed by atoms with Crippen molar-refractivity contribution in [2.24, 2.45) is 7.05 Å². The van der Waals surface area contributed by atoms with Crippen molar-refractivity contribution in [1.29, 1.82) is 0 Å². The van der Waals surface area contributed by atoms with Crippen LogP contribution in [-0.2, 0) is 13.2 Å². The SMILES string of the molecule is Cc1c(-c2nnc3sc(C(F)(F)F)nn23)cnn1C. The summed E-state index contributed by atoms with van der Waals surface area (Å²) in [7, 11) is 1.74. The van der Waals surface area contributed by atoms with Crippen LogP contribution in [0.3, 0.4) is 0 Å². The first-order chi connectivity index (χ1) is 8.88. The Kier molecular flexibility index (Phi) is 2.39. The second-order valence-corrected chi connectivity index (χ2v) is 4.85. The lowest BCUT2D eigenvalue weighted by Crippen LogP contribution is -2.05. The predicted octanol–water partition coefficient (Wildman–Crippen LogP) is 1.91. The lowest BCUT2D eigenvalue weighted by Gasteiger charge is -1.99. The van der Waals surface area contributed by atoms with Gasteiger partial charge in [0.15, 0.2) is 5.82 Å². The Labute approximate surface area is 108 Å². The Balaban J connectivity index is 2.20. The molecule has 0 saturated heterocycles. The van der Waals surface area contributed by atoms with Gasteiger partial charge in [0.2, 0.25) is 9.97 Å². The van der Waals surface area contributed by atoms with Gasteiger partial charge in [0.25, 0.3) is 0 Å². The summed E-state index contributed by atoms with van der Waals surface area (Å²) in [6.07, 6.45) is -2.95. The quantitative estimate of drug-likeness (QED) is 0.686. The van der Waals surface area contributed by atoms with Crippen molar-refractivity contribution in [2.45, 2.75) is 13.1 Å². The molecule has 3 aromatic rings. The van der Waals surface area contributed by atoms with Gasteiger partial charge in [0.05, 0.1) is 11.8 Å². The van der Waals surface area contributed by atoms with Crippen LogP contribution in [0.15, 0.2) is 6.20 Å². The molecule has 3 aromatic heterocycles. The molecule has 0 radical (unpaired) electrons. The third-order valence-corrected chi connectivity index (χ3v) is 3.65. The number of aryl methyl sites for hydroxylation is 1. The monoisotopic (exact) mass is 288 g/mol. The summed E-state index contributed by atoms with van der Waals surface area (Å²) in [5, 5.41) is 14.2. The molecule has 0 aromatic carbocycles. The third kappa shape index (κ3) is 1.79. The minimum Gasteiger partial charge on any atom is -0.272 e. The van der Waals surface area contributed by atoms with E-state index in [0.29, 0.717) is 16.9 Å². The first-order valence-corrected chi connectivity index (χ1v) is 5.98. The predicted molar refractivity (Wildman–Crippen MR) is 60.6 cm³/mol. The Morgan fingerprint density at radius 2 is 2.00 bits per heavy atom. The van der Waals surface area contributed by atoms with Crippen molar-refractivity contribution < 1.29 is 13.2 Å². The van der Waals surface area contributed by atoms with Crippen LogP contribution in [0.4, 0.5) is 13.2 Å². The topological polar surface area (TPSA) is 60.9 Å². The lowest BCUT2D eigenvalue weighted by molar-refractivity contribution is -0.138. The minimum atomic E-state index is -4.48. The zero-order valence-corrected chi connectivity index (χ0v) is 10.6. The Hall–Kier alpha value is -1.97. The molecule has 3 rings (SSSR count). The summed E-state index contributed by atoms with van der Waals surface area (Å²) in [6.45, 7) is 1.79. The maximum Gasteiger partial charge on any atom is 0.445 e. The number of hydrogen-bond acceptors (Lipinski definition) is 5. The number of aromatic nitrogens is 6. The Morgan fingerprint density at radius 1 is 1.26 bits per heavy atom. The molecule has 0 aliphatic heterocycles. The van der Waals surface area contributed by atoms with Crippen LogP contribution >= 0.6 is 11.3 Å². The zero-order chi connectivity index (χ0) is 13.8. The summed E-state index contributed by atoms with van der Waals surface area (Å²) in [6, 6.07) is 0. The summed E-state index contributed by atoms with van der Waals surface area (Å²) >= 11 is 0.458. The van der Waals surface area contributed by atoms with Crippen LogP contribution in [-0.4, -0.2) is 29.6 Å². The normalized spacial score (nSPS) is 12.5. The maximum atomic E-state index is 12.6. The molecule has 0 amide bonds. The van der Waals surface area contributed by atoms with Crippen LogP contribution in [0.25, 0.3) is 16.3 Å². The molecule has 0 unspecified atom stereocenters. The van der Waals surface area contributed by atoms with E-state index in [9.17, 15) is 13.2 Å². The smallest absolute Gasteiger partial charge is 0.272 e. The molecule has 0 atom stereocenters. The molecule has 3 heterocycles. The second kappa shape index (κ2) is 3.76. The largest absolute Gasteiger partial charge is 0.445 e. The first kappa shape index (κ1) is 12.1. The van der Waals surface area contributed by atoms with Gasteiger partial charge in [-0.2, -0.15) is 22.8 Å². The molecule has 10 heteroatoms. The summed E-state index contributed by atoms with van der Waals surface area (Å²) in [4.78, 5) is 0.102. The van der Waals surface area contributed by atoms with E-state index in [-0.39, 0.29) is 10.8 Å². The van der Waals surface area contributed by atoms with E-state index in [1.54, 1.807) is 18.7 Å². The van der Waals surface area contributed by atoms with E-state index in [4.69, 9.17) is 0 Å². The van der Waals surface area contributed by atoms with Crippen LogP contribution in [0.1, 0.15) is 10.7 Å². The molecule has 19 heavy (non-hydrogen) atoms. The van der Waals surface area contributed by atoms with Gasteiger partial charge >= 0.3 is 6.18 Å². The highest BCUT2D eigenvalue weighted by atomic mass is 32.1. The van der Waals surface area contributed by atoms with Crippen molar-refractivity contribution in [2.75, 3.05) is 0 Å². The van der Waals surface area contributed by atoms with Crippen LogP contribution in [0.2, 0.25) is 0 Å². The highest BCUT2D eigenvalue weighted by Gasteiger charge is 2.36. The summed E-state index contributed by atoms with van der Waals surface area (Å²) < 4.78 is 40.5. The number of alkyl halides is 3. The van der Waals surface area contributed by atoms with Crippen molar-refractivity contribution in [3.05, 3.63) is 16.9 Å². The lowest BCUT2D eigenvalue weighted by atomic mass is 10.2. The Morgan fingerprint density at radius 3 is 2.58 bits per heavy atom. The standard InChI is InChI=1S/C9H7F3N6S/c1-4-5(3-13-17(4)2)6-14-15-8-18(6)16-7(19-8)9(10,11)12/h3H,1-2H3. The van der Waals surface area contributed by atoms with Crippen molar-refractivity contribution in [3.8, 4) is 11.4 Å². The molecule has 100 valence electrons. The molecule has 0 fully saturated rings. The Bertz CT molecular complexity index is 752. The van der Waals surface area contributed by atoms with E-state index in [0.717, 1.165) is 10.2 Å². The van der Waals surface area contributed by atoms with E-state index < -0.39 is 11.2 Å². The fourth-order valence-electron chi connectivity index (χ4n) is 1.62. The van der Waals surface area contributed by atoms with E-state index in [2.05, 4.69) is 20.4 Å². The maximum absolute atomic E-state index is 12.6. The highest BCUT2D eigenvalue weighted by molar-refractivity contribution is 7.16. The molecule has 0 aliphatic rings. The van der Waals surface area contributed by atoms with Crippen LogP contribution in [0, 0.1) is 6.92 Å². The first-order valence-electron chi connectivity index (χ1n) is 5.16. The van der Waals surface area contributed by atoms with Crippen molar-refractivity contribution in [1.82, 2.24) is 29.6 Å². The van der Waals surface area contributed by atoms with Crippen molar-refractivity contribution in [3.63, 3.8) is 0 Å². The molecule has 0 spiro atoms. The fraction of sp³-hybridized carbons (Fsp3) is 0.333. The average Bonchev–Trinajstić information content (AvgIpc) is 2.95. The molecule has 0 bridgehead atoms. The number of halogens is 3. The zero-order valence-electron chi connectivity index (χ0n) is 9.80. The highest BCUT2D eigenvalue weighted by Crippen LogP contribution is 2.33. The molecule has 6 nitrogen and oxygen atoms in total. The molecule has 0 N–H and O–H groups in total.